The maximum atomic E-state index is 11.7. The van der Waals surface area contributed by atoms with E-state index in [4.69, 9.17) is 9.84 Å². The Hall–Kier alpha value is -1.36. The van der Waals surface area contributed by atoms with Crippen LogP contribution in [0.15, 0.2) is 30.3 Å². The molecule has 0 heterocycles. The molecule has 1 aromatic rings. The summed E-state index contributed by atoms with van der Waals surface area (Å²) in [7, 11) is -1.39. The normalized spacial score (nSPS) is 13.9. The molecular formula is C12H16O4S. The van der Waals surface area contributed by atoms with Crippen LogP contribution in [0.25, 0.3) is 0 Å². The lowest BCUT2D eigenvalue weighted by Crippen LogP contribution is -2.28. The molecule has 1 rings (SSSR count). The van der Waals surface area contributed by atoms with E-state index in [1.165, 1.54) is 0 Å². The van der Waals surface area contributed by atoms with Gasteiger partial charge in [0.25, 0.3) is 0 Å². The van der Waals surface area contributed by atoms with Gasteiger partial charge >= 0.3 is 5.97 Å². The van der Waals surface area contributed by atoms with Gasteiger partial charge in [-0.15, -0.1) is 0 Å². The van der Waals surface area contributed by atoms with Gasteiger partial charge in [0.2, 0.25) is 0 Å². The summed E-state index contributed by atoms with van der Waals surface area (Å²) in [5, 5.41) is 8.03. The van der Waals surface area contributed by atoms with Gasteiger partial charge in [0.1, 0.15) is 11.0 Å². The number of carbonyl (C=O) groups is 1. The average molecular weight is 256 g/mol. The molecule has 0 amide bonds. The highest BCUT2D eigenvalue weighted by Crippen LogP contribution is 2.09. The Bertz CT molecular complexity index is 377. The van der Waals surface area contributed by atoms with Crippen molar-refractivity contribution in [3.63, 3.8) is 0 Å². The Morgan fingerprint density at radius 2 is 2.06 bits per heavy atom. The van der Waals surface area contributed by atoms with E-state index in [0.717, 1.165) is 0 Å². The van der Waals surface area contributed by atoms with Crippen molar-refractivity contribution in [2.45, 2.75) is 18.6 Å². The molecule has 2 unspecified atom stereocenters. The number of aliphatic carboxylic acids is 1. The zero-order valence-electron chi connectivity index (χ0n) is 9.67. The number of rotatable bonds is 7. The van der Waals surface area contributed by atoms with Gasteiger partial charge in [0, 0.05) is 10.8 Å². The molecule has 1 aromatic carbocycles. The van der Waals surface area contributed by atoms with Crippen LogP contribution in [0, 0.1) is 0 Å². The summed E-state index contributed by atoms with van der Waals surface area (Å²) < 4.78 is 17.0. The third-order valence-electron chi connectivity index (χ3n) is 2.26. The molecule has 5 heteroatoms. The fourth-order valence-corrected chi connectivity index (χ4v) is 2.50. The predicted octanol–water partition coefficient (Wildman–Crippen LogP) is 1.68. The third-order valence-corrected chi connectivity index (χ3v) is 4.00. The van der Waals surface area contributed by atoms with Crippen LogP contribution in [0.3, 0.4) is 0 Å². The molecule has 0 aliphatic rings. The molecular weight excluding hydrogens is 240 g/mol. The van der Waals surface area contributed by atoms with E-state index < -0.39 is 22.0 Å². The standard InChI is InChI=1S/C12H16O4S/c1-2-11(12(13)14)17(15)9-8-16-10-6-4-3-5-7-10/h3-7,11H,2,8-9H2,1H3,(H,13,14). The number of hydrogen-bond acceptors (Lipinski definition) is 3. The number of para-hydroxylation sites is 1. The van der Waals surface area contributed by atoms with Crippen LogP contribution in [0.1, 0.15) is 13.3 Å². The smallest absolute Gasteiger partial charge is 0.319 e. The molecule has 0 spiro atoms. The Balaban J connectivity index is 2.36. The van der Waals surface area contributed by atoms with Crippen molar-refractivity contribution in [2.24, 2.45) is 0 Å². The van der Waals surface area contributed by atoms with Gasteiger partial charge in [-0.25, -0.2) is 0 Å². The second kappa shape index (κ2) is 7.06. The molecule has 1 N–H and O–H groups in total. The number of hydrogen-bond donors (Lipinski definition) is 1. The first kappa shape index (κ1) is 13.7. The highest BCUT2D eigenvalue weighted by molar-refractivity contribution is 7.86. The summed E-state index contributed by atoms with van der Waals surface area (Å²) >= 11 is 0. The van der Waals surface area contributed by atoms with E-state index in [-0.39, 0.29) is 12.4 Å². The summed E-state index contributed by atoms with van der Waals surface area (Å²) in [6.07, 6.45) is 0.368. The second-order valence-corrected chi connectivity index (χ2v) is 5.22. The van der Waals surface area contributed by atoms with Crippen molar-refractivity contribution in [3.05, 3.63) is 30.3 Å². The molecule has 0 aliphatic heterocycles. The second-order valence-electron chi connectivity index (χ2n) is 3.48. The van der Waals surface area contributed by atoms with Crippen molar-refractivity contribution in [3.8, 4) is 5.75 Å². The van der Waals surface area contributed by atoms with E-state index in [9.17, 15) is 9.00 Å². The number of carboxylic acid groups (broad SMARTS) is 1. The maximum absolute atomic E-state index is 11.7. The van der Waals surface area contributed by atoms with Crippen LogP contribution in [-0.4, -0.2) is 32.9 Å². The van der Waals surface area contributed by atoms with Crippen LogP contribution < -0.4 is 4.74 Å². The molecule has 2 atom stereocenters. The van der Waals surface area contributed by atoms with Crippen molar-refractivity contribution in [1.82, 2.24) is 0 Å². The van der Waals surface area contributed by atoms with Crippen LogP contribution >= 0.6 is 0 Å². The lowest BCUT2D eigenvalue weighted by Gasteiger charge is -2.10. The minimum absolute atomic E-state index is 0.236. The molecule has 0 fully saturated rings. The largest absolute Gasteiger partial charge is 0.493 e. The minimum Gasteiger partial charge on any atom is -0.493 e. The van der Waals surface area contributed by atoms with Gasteiger partial charge in [-0.3, -0.25) is 9.00 Å². The van der Waals surface area contributed by atoms with Crippen LogP contribution in [0.2, 0.25) is 0 Å². The van der Waals surface area contributed by atoms with E-state index in [1.54, 1.807) is 19.1 Å². The Morgan fingerprint density at radius 3 is 2.59 bits per heavy atom. The van der Waals surface area contributed by atoms with Gasteiger partial charge in [-0.1, -0.05) is 25.1 Å². The molecule has 0 saturated carbocycles. The lowest BCUT2D eigenvalue weighted by molar-refractivity contribution is -0.136. The zero-order chi connectivity index (χ0) is 12.7. The average Bonchev–Trinajstić information content (AvgIpc) is 2.30. The molecule has 17 heavy (non-hydrogen) atoms. The Labute approximate surface area is 103 Å². The summed E-state index contributed by atoms with van der Waals surface area (Å²) in [5.74, 6) is -0.0712. The monoisotopic (exact) mass is 256 g/mol. The first-order valence-corrected chi connectivity index (χ1v) is 6.81. The van der Waals surface area contributed by atoms with Gasteiger partial charge in [0.15, 0.2) is 0 Å². The van der Waals surface area contributed by atoms with E-state index in [1.807, 2.05) is 18.2 Å². The van der Waals surface area contributed by atoms with Gasteiger partial charge in [-0.2, -0.15) is 0 Å². The van der Waals surface area contributed by atoms with Gasteiger partial charge in [0.05, 0.1) is 12.4 Å². The summed E-state index contributed by atoms with van der Waals surface area (Å²) in [6.45, 7) is 1.98. The first-order valence-electron chi connectivity index (χ1n) is 5.43. The van der Waals surface area contributed by atoms with Crippen molar-refractivity contribution < 1.29 is 18.8 Å². The number of carboxylic acids is 1. The lowest BCUT2D eigenvalue weighted by atomic mass is 10.3. The molecule has 4 nitrogen and oxygen atoms in total. The summed E-state index contributed by atoms with van der Waals surface area (Å²) in [4.78, 5) is 10.8. The predicted molar refractivity (Wildman–Crippen MR) is 66.7 cm³/mol. The zero-order valence-corrected chi connectivity index (χ0v) is 10.5. The molecule has 0 saturated heterocycles. The molecule has 0 aliphatic carbocycles. The van der Waals surface area contributed by atoms with Crippen LogP contribution in [-0.2, 0) is 15.6 Å². The number of benzene rings is 1. The molecule has 94 valence electrons. The van der Waals surface area contributed by atoms with Crippen molar-refractivity contribution in [1.29, 1.82) is 0 Å². The summed E-state index contributed by atoms with van der Waals surface area (Å²) in [5.41, 5.74) is 0. The first-order chi connectivity index (χ1) is 8.15. The highest BCUT2D eigenvalue weighted by atomic mass is 32.2. The SMILES string of the molecule is CCC(C(=O)O)S(=O)CCOc1ccccc1. The van der Waals surface area contributed by atoms with E-state index >= 15 is 0 Å². The minimum atomic E-state index is -1.39. The van der Waals surface area contributed by atoms with Crippen LogP contribution in [0.5, 0.6) is 5.75 Å². The van der Waals surface area contributed by atoms with E-state index in [0.29, 0.717) is 12.2 Å². The topological polar surface area (TPSA) is 63.6 Å². The quantitative estimate of drug-likeness (QED) is 0.806. The summed E-state index contributed by atoms with van der Waals surface area (Å²) in [6, 6.07) is 9.17. The fraction of sp³-hybridized carbons (Fsp3) is 0.417. The van der Waals surface area contributed by atoms with Crippen molar-refractivity contribution >= 4 is 16.8 Å². The third kappa shape index (κ3) is 4.56. The Morgan fingerprint density at radius 1 is 1.41 bits per heavy atom. The highest BCUT2D eigenvalue weighted by Gasteiger charge is 2.22. The number of ether oxygens (including phenoxy) is 1. The van der Waals surface area contributed by atoms with E-state index in [2.05, 4.69) is 0 Å². The Kier molecular flexibility index (Phi) is 5.69. The molecule has 0 aromatic heterocycles. The molecule has 0 radical (unpaired) electrons. The van der Waals surface area contributed by atoms with Gasteiger partial charge in [-0.05, 0) is 18.6 Å². The maximum Gasteiger partial charge on any atom is 0.319 e. The van der Waals surface area contributed by atoms with Gasteiger partial charge < -0.3 is 9.84 Å². The van der Waals surface area contributed by atoms with Crippen molar-refractivity contribution in [2.75, 3.05) is 12.4 Å². The molecule has 0 bridgehead atoms. The van der Waals surface area contributed by atoms with Crippen LogP contribution in [0.4, 0.5) is 0 Å². The fourth-order valence-electron chi connectivity index (χ4n) is 1.37.